The average molecular weight is 431 g/mol. The second-order valence-electron chi connectivity index (χ2n) is 6.37. The molecule has 0 radical (unpaired) electrons. The van der Waals surface area contributed by atoms with Gasteiger partial charge in [-0.05, 0) is 31.9 Å². The number of fused-ring (bicyclic) bond motifs is 1. The molecule has 29 heavy (non-hydrogen) atoms. The number of carbonyl (C=O) groups excluding carboxylic acids is 2. The smallest absolute Gasteiger partial charge is 0.321 e. The van der Waals surface area contributed by atoms with E-state index in [4.69, 9.17) is 4.98 Å². The molecule has 3 amide bonds. The number of imide groups is 1. The number of hydrogen-bond donors (Lipinski definition) is 2. The summed E-state index contributed by atoms with van der Waals surface area (Å²) in [7, 11) is 1.44. The lowest BCUT2D eigenvalue weighted by molar-refractivity contribution is -0.119. The van der Waals surface area contributed by atoms with Crippen LogP contribution in [0.5, 0.6) is 0 Å². The highest BCUT2D eigenvalue weighted by atomic mass is 32.2. The van der Waals surface area contributed by atoms with Crippen LogP contribution in [0.3, 0.4) is 0 Å². The molecule has 0 unspecified atom stereocenters. The van der Waals surface area contributed by atoms with Gasteiger partial charge >= 0.3 is 6.03 Å². The maximum absolute atomic E-state index is 13.2. The largest absolute Gasteiger partial charge is 0.341 e. The zero-order valence-corrected chi connectivity index (χ0v) is 18.2. The predicted molar refractivity (Wildman–Crippen MR) is 118 cm³/mol. The summed E-state index contributed by atoms with van der Waals surface area (Å²) in [5, 5.41) is 5.08. The zero-order valence-electron chi connectivity index (χ0n) is 16.6. The van der Waals surface area contributed by atoms with Gasteiger partial charge in [-0.2, -0.15) is 0 Å². The second-order valence-corrected chi connectivity index (χ2v) is 8.68. The quantitative estimate of drug-likeness (QED) is 0.478. The molecule has 7 nitrogen and oxygen atoms in total. The van der Waals surface area contributed by atoms with Crippen molar-refractivity contribution < 1.29 is 9.59 Å². The summed E-state index contributed by atoms with van der Waals surface area (Å²) >= 11 is 2.63. The molecule has 1 aromatic carbocycles. The van der Waals surface area contributed by atoms with Gasteiger partial charge in [-0.25, -0.2) is 9.78 Å². The Kier molecular flexibility index (Phi) is 6.39. The van der Waals surface area contributed by atoms with Crippen LogP contribution in [0.2, 0.25) is 0 Å². The summed E-state index contributed by atoms with van der Waals surface area (Å²) in [5.41, 5.74) is 1.84. The van der Waals surface area contributed by atoms with Crippen molar-refractivity contribution in [3.8, 4) is 10.4 Å². The van der Waals surface area contributed by atoms with E-state index in [1.165, 1.54) is 18.4 Å². The van der Waals surface area contributed by atoms with Crippen LogP contribution < -0.4 is 16.2 Å². The van der Waals surface area contributed by atoms with E-state index in [1.54, 1.807) is 11.5 Å². The standard InChI is InChI=1S/C20H22N4O3S2/c1-5-24-18(26)14-11(2)15(13-9-7-6-8-10-13)29-17(14)23-20(24)28-12(3)16(25)22-19(27)21-4/h6-10,12H,5H2,1-4H3,(H2,21,22,25,27)/t12-/m0/s1. The van der Waals surface area contributed by atoms with Crippen LogP contribution >= 0.6 is 23.1 Å². The number of carbonyl (C=O) groups is 2. The van der Waals surface area contributed by atoms with Gasteiger partial charge in [0, 0.05) is 18.5 Å². The molecular formula is C20H22N4O3S2. The highest BCUT2D eigenvalue weighted by molar-refractivity contribution is 8.00. The van der Waals surface area contributed by atoms with Gasteiger partial charge in [0.2, 0.25) is 5.91 Å². The fourth-order valence-corrected chi connectivity index (χ4v) is 5.12. The third kappa shape index (κ3) is 4.20. The molecule has 0 saturated carbocycles. The topological polar surface area (TPSA) is 93.1 Å². The minimum Gasteiger partial charge on any atom is -0.341 e. The highest BCUT2D eigenvalue weighted by Gasteiger charge is 2.22. The first kappa shape index (κ1) is 21.1. The van der Waals surface area contributed by atoms with Gasteiger partial charge in [0.05, 0.1) is 10.6 Å². The van der Waals surface area contributed by atoms with E-state index in [2.05, 4.69) is 10.6 Å². The molecule has 2 aromatic heterocycles. The van der Waals surface area contributed by atoms with Crippen LogP contribution in [0.25, 0.3) is 20.7 Å². The van der Waals surface area contributed by atoms with Crippen molar-refractivity contribution in [3.05, 3.63) is 46.2 Å². The van der Waals surface area contributed by atoms with Gasteiger partial charge in [0.1, 0.15) is 4.83 Å². The number of nitrogens with one attached hydrogen (secondary N) is 2. The fourth-order valence-electron chi connectivity index (χ4n) is 2.92. The summed E-state index contributed by atoms with van der Waals surface area (Å²) in [6.45, 7) is 5.92. The fraction of sp³-hybridized carbons (Fsp3) is 0.300. The molecule has 3 aromatic rings. The third-order valence-electron chi connectivity index (χ3n) is 4.48. The number of aryl methyl sites for hydroxylation is 1. The van der Waals surface area contributed by atoms with Crippen LogP contribution in [0.1, 0.15) is 19.4 Å². The summed E-state index contributed by atoms with van der Waals surface area (Å²) < 4.78 is 1.57. The summed E-state index contributed by atoms with van der Waals surface area (Å²) in [5.74, 6) is -0.446. The van der Waals surface area contributed by atoms with E-state index in [9.17, 15) is 14.4 Å². The maximum Gasteiger partial charge on any atom is 0.321 e. The van der Waals surface area contributed by atoms with Crippen molar-refractivity contribution in [2.45, 2.75) is 37.7 Å². The first-order chi connectivity index (χ1) is 13.9. The summed E-state index contributed by atoms with van der Waals surface area (Å²) in [4.78, 5) is 43.1. The molecule has 0 aliphatic rings. The number of rotatable bonds is 5. The highest BCUT2D eigenvalue weighted by Crippen LogP contribution is 2.36. The van der Waals surface area contributed by atoms with Gasteiger partial charge in [-0.1, -0.05) is 42.1 Å². The lowest BCUT2D eigenvalue weighted by atomic mass is 10.1. The molecule has 2 heterocycles. The van der Waals surface area contributed by atoms with E-state index in [-0.39, 0.29) is 5.56 Å². The number of amides is 3. The van der Waals surface area contributed by atoms with Gasteiger partial charge in [-0.15, -0.1) is 11.3 Å². The Hall–Kier alpha value is -2.65. The summed E-state index contributed by atoms with van der Waals surface area (Å²) in [6, 6.07) is 9.33. The Bertz CT molecular complexity index is 1120. The number of urea groups is 1. The molecule has 0 aliphatic carbocycles. The van der Waals surface area contributed by atoms with E-state index in [1.807, 2.05) is 44.2 Å². The van der Waals surface area contributed by atoms with Crippen LogP contribution in [-0.4, -0.2) is 33.8 Å². The van der Waals surface area contributed by atoms with E-state index in [0.717, 1.165) is 27.8 Å². The molecule has 3 rings (SSSR count). The first-order valence-corrected chi connectivity index (χ1v) is 10.9. The lowest BCUT2D eigenvalue weighted by Gasteiger charge is -2.14. The molecule has 152 valence electrons. The van der Waals surface area contributed by atoms with Crippen molar-refractivity contribution in [2.75, 3.05) is 7.05 Å². The lowest BCUT2D eigenvalue weighted by Crippen LogP contribution is -2.41. The van der Waals surface area contributed by atoms with Gasteiger partial charge < -0.3 is 5.32 Å². The summed E-state index contributed by atoms with van der Waals surface area (Å²) in [6.07, 6.45) is 0. The third-order valence-corrected chi connectivity index (χ3v) is 6.81. The van der Waals surface area contributed by atoms with E-state index < -0.39 is 17.2 Å². The Morgan fingerprint density at radius 3 is 2.59 bits per heavy atom. The van der Waals surface area contributed by atoms with Crippen LogP contribution in [-0.2, 0) is 11.3 Å². The second kappa shape index (κ2) is 8.79. The Morgan fingerprint density at radius 1 is 1.28 bits per heavy atom. The van der Waals surface area contributed by atoms with Crippen molar-refractivity contribution >= 4 is 45.3 Å². The Morgan fingerprint density at radius 2 is 1.97 bits per heavy atom. The Labute approximate surface area is 176 Å². The molecule has 1 atom stereocenters. The number of aromatic nitrogens is 2. The van der Waals surface area contributed by atoms with Crippen LogP contribution in [0, 0.1) is 6.92 Å². The molecule has 0 bridgehead atoms. The molecule has 0 fully saturated rings. The number of hydrogen-bond acceptors (Lipinski definition) is 6. The normalized spacial score (nSPS) is 12.0. The van der Waals surface area contributed by atoms with Crippen molar-refractivity contribution in [1.82, 2.24) is 20.2 Å². The molecule has 0 spiro atoms. The van der Waals surface area contributed by atoms with Gasteiger partial charge in [0.15, 0.2) is 5.16 Å². The maximum atomic E-state index is 13.2. The molecule has 0 aliphatic heterocycles. The number of benzene rings is 1. The first-order valence-electron chi connectivity index (χ1n) is 9.15. The Balaban J connectivity index is 2.04. The van der Waals surface area contributed by atoms with Crippen molar-refractivity contribution in [2.24, 2.45) is 0 Å². The van der Waals surface area contributed by atoms with Gasteiger partial charge in [0.25, 0.3) is 5.56 Å². The molecule has 9 heteroatoms. The SMILES string of the molecule is CCn1c(S[C@@H](C)C(=O)NC(=O)NC)nc2sc(-c3ccccc3)c(C)c2c1=O. The van der Waals surface area contributed by atoms with Gasteiger partial charge in [-0.3, -0.25) is 19.5 Å². The molecule has 2 N–H and O–H groups in total. The van der Waals surface area contributed by atoms with Crippen molar-refractivity contribution in [3.63, 3.8) is 0 Å². The van der Waals surface area contributed by atoms with Crippen LogP contribution in [0.4, 0.5) is 4.79 Å². The molecular weight excluding hydrogens is 408 g/mol. The predicted octanol–water partition coefficient (Wildman–Crippen LogP) is 3.39. The number of thiophene rings is 1. The monoisotopic (exact) mass is 430 g/mol. The number of thioether (sulfide) groups is 1. The van der Waals surface area contributed by atoms with E-state index in [0.29, 0.717) is 21.9 Å². The van der Waals surface area contributed by atoms with Crippen LogP contribution in [0.15, 0.2) is 40.3 Å². The van der Waals surface area contributed by atoms with E-state index >= 15 is 0 Å². The van der Waals surface area contributed by atoms with Crippen molar-refractivity contribution in [1.29, 1.82) is 0 Å². The molecule has 0 saturated heterocycles. The zero-order chi connectivity index (χ0) is 21.1. The minimum atomic E-state index is -0.593. The minimum absolute atomic E-state index is 0.116. The average Bonchev–Trinajstić information content (AvgIpc) is 3.05. The number of nitrogens with zero attached hydrogens (tertiary/aromatic N) is 2.